The highest BCUT2D eigenvalue weighted by atomic mass is 16.5. The fourth-order valence-electron chi connectivity index (χ4n) is 3.59. The molecule has 1 fully saturated rings. The Bertz CT molecular complexity index is 427. The predicted octanol–water partition coefficient (Wildman–Crippen LogP) is 4.21. The number of rotatable bonds is 5. The Kier molecular flexibility index (Phi) is 5.09. The molecule has 0 saturated heterocycles. The molecule has 0 aromatic heterocycles. The molecule has 20 heavy (non-hydrogen) atoms. The van der Waals surface area contributed by atoms with Gasteiger partial charge in [0.2, 0.25) is 0 Å². The summed E-state index contributed by atoms with van der Waals surface area (Å²) in [5, 5.41) is 3.38. The zero-order chi connectivity index (χ0) is 14.6. The zero-order valence-electron chi connectivity index (χ0n) is 13.4. The van der Waals surface area contributed by atoms with Crippen molar-refractivity contribution in [3.05, 3.63) is 29.8 Å². The van der Waals surface area contributed by atoms with Crippen LogP contribution in [0.2, 0.25) is 0 Å². The summed E-state index contributed by atoms with van der Waals surface area (Å²) < 4.78 is 5.86. The third-order valence-electron chi connectivity index (χ3n) is 4.62. The molecule has 2 atom stereocenters. The average molecular weight is 275 g/mol. The number of nitrogens with one attached hydrogen (secondary N) is 1. The molecule has 0 spiro atoms. The summed E-state index contributed by atoms with van der Waals surface area (Å²) >= 11 is 0. The van der Waals surface area contributed by atoms with Crippen molar-refractivity contribution in [2.24, 2.45) is 11.3 Å². The van der Waals surface area contributed by atoms with Crippen LogP contribution in [0, 0.1) is 11.3 Å². The normalized spacial score (nSPS) is 25.4. The number of para-hydroxylation sites is 1. The molecular formula is C18H29NO. The highest BCUT2D eigenvalue weighted by molar-refractivity contribution is 5.37. The number of benzene rings is 1. The molecule has 2 nitrogen and oxygen atoms in total. The quantitative estimate of drug-likeness (QED) is 0.869. The molecule has 0 heterocycles. The van der Waals surface area contributed by atoms with Gasteiger partial charge >= 0.3 is 0 Å². The maximum atomic E-state index is 5.86. The number of hydrogen-bond donors (Lipinski definition) is 1. The van der Waals surface area contributed by atoms with Crippen LogP contribution in [0.3, 0.4) is 0 Å². The van der Waals surface area contributed by atoms with Gasteiger partial charge in [0.15, 0.2) is 0 Å². The van der Waals surface area contributed by atoms with Crippen molar-refractivity contribution in [1.82, 2.24) is 5.32 Å². The Hall–Kier alpha value is -1.02. The number of hydrogen-bond acceptors (Lipinski definition) is 2. The van der Waals surface area contributed by atoms with E-state index in [2.05, 4.69) is 57.4 Å². The molecule has 1 aromatic carbocycles. The second-order valence-electron chi connectivity index (χ2n) is 6.80. The summed E-state index contributed by atoms with van der Waals surface area (Å²) in [5.41, 5.74) is 1.84. The van der Waals surface area contributed by atoms with Gasteiger partial charge < -0.3 is 10.1 Å². The van der Waals surface area contributed by atoms with E-state index in [0.717, 1.165) is 24.8 Å². The molecule has 1 saturated carbocycles. The van der Waals surface area contributed by atoms with Gasteiger partial charge in [0, 0.05) is 0 Å². The molecule has 0 aliphatic heterocycles. The lowest BCUT2D eigenvalue weighted by Gasteiger charge is -2.41. The molecule has 2 heteroatoms. The van der Waals surface area contributed by atoms with Crippen molar-refractivity contribution in [1.29, 1.82) is 0 Å². The fraction of sp³-hybridized carbons (Fsp3) is 0.667. The molecule has 0 bridgehead atoms. The predicted molar refractivity (Wildman–Crippen MR) is 85.4 cm³/mol. The maximum absolute atomic E-state index is 5.86. The molecule has 2 rings (SSSR count). The topological polar surface area (TPSA) is 21.3 Å². The standard InChI is InChI=1S/C18H29NO/c1-5-20-17-9-7-6-8-15(17)16-12-18(2,3)11-10-14(16)13-19-4/h6-9,14,16,19H,5,10-13H2,1-4H3. The van der Waals surface area contributed by atoms with Gasteiger partial charge in [0.1, 0.15) is 5.75 Å². The van der Waals surface area contributed by atoms with E-state index in [4.69, 9.17) is 4.74 Å². The van der Waals surface area contributed by atoms with Gasteiger partial charge in [0.25, 0.3) is 0 Å². The van der Waals surface area contributed by atoms with Crippen molar-refractivity contribution >= 4 is 0 Å². The van der Waals surface area contributed by atoms with E-state index in [1.807, 2.05) is 0 Å². The molecule has 0 amide bonds. The Morgan fingerprint density at radius 2 is 2.05 bits per heavy atom. The number of ether oxygens (including phenoxy) is 1. The SMILES string of the molecule is CCOc1ccccc1C1CC(C)(C)CCC1CNC. The summed E-state index contributed by atoms with van der Waals surface area (Å²) in [5.74, 6) is 2.40. The Morgan fingerprint density at radius 1 is 1.30 bits per heavy atom. The van der Waals surface area contributed by atoms with Gasteiger partial charge in [-0.2, -0.15) is 0 Å². The van der Waals surface area contributed by atoms with E-state index in [-0.39, 0.29) is 0 Å². The highest BCUT2D eigenvalue weighted by Gasteiger charge is 2.36. The van der Waals surface area contributed by atoms with Gasteiger partial charge in [-0.15, -0.1) is 0 Å². The van der Waals surface area contributed by atoms with Crippen LogP contribution in [0.15, 0.2) is 24.3 Å². The monoisotopic (exact) mass is 275 g/mol. The first kappa shape index (κ1) is 15.4. The summed E-state index contributed by atoms with van der Waals surface area (Å²) in [4.78, 5) is 0. The first-order chi connectivity index (χ1) is 9.57. The van der Waals surface area contributed by atoms with Crippen LogP contribution in [0.25, 0.3) is 0 Å². The second-order valence-corrected chi connectivity index (χ2v) is 6.80. The van der Waals surface area contributed by atoms with E-state index >= 15 is 0 Å². The van der Waals surface area contributed by atoms with Gasteiger partial charge in [-0.25, -0.2) is 0 Å². The van der Waals surface area contributed by atoms with Gasteiger partial charge in [0.05, 0.1) is 6.61 Å². The van der Waals surface area contributed by atoms with E-state index < -0.39 is 0 Å². The summed E-state index contributed by atoms with van der Waals surface area (Å²) in [6.45, 7) is 8.70. The van der Waals surface area contributed by atoms with Crippen LogP contribution in [0.5, 0.6) is 5.75 Å². The lowest BCUT2D eigenvalue weighted by Crippen LogP contribution is -2.34. The summed E-state index contributed by atoms with van der Waals surface area (Å²) in [6, 6.07) is 8.61. The van der Waals surface area contributed by atoms with Crippen molar-refractivity contribution in [3.63, 3.8) is 0 Å². The van der Waals surface area contributed by atoms with Crippen LogP contribution in [-0.4, -0.2) is 20.2 Å². The van der Waals surface area contributed by atoms with E-state index in [1.165, 1.54) is 24.8 Å². The largest absolute Gasteiger partial charge is 0.494 e. The average Bonchev–Trinajstić information content (AvgIpc) is 2.42. The molecule has 112 valence electrons. The smallest absolute Gasteiger partial charge is 0.122 e. The Balaban J connectivity index is 2.30. The van der Waals surface area contributed by atoms with Crippen LogP contribution in [-0.2, 0) is 0 Å². The third-order valence-corrected chi connectivity index (χ3v) is 4.62. The minimum absolute atomic E-state index is 0.439. The van der Waals surface area contributed by atoms with Crippen LogP contribution in [0.4, 0.5) is 0 Å². The van der Waals surface area contributed by atoms with Crippen LogP contribution >= 0.6 is 0 Å². The van der Waals surface area contributed by atoms with Gasteiger partial charge in [-0.3, -0.25) is 0 Å². The fourth-order valence-corrected chi connectivity index (χ4v) is 3.59. The van der Waals surface area contributed by atoms with Crippen molar-refractivity contribution in [3.8, 4) is 5.75 Å². The van der Waals surface area contributed by atoms with Crippen LogP contribution < -0.4 is 10.1 Å². The van der Waals surface area contributed by atoms with E-state index in [1.54, 1.807) is 0 Å². The van der Waals surface area contributed by atoms with Gasteiger partial charge in [-0.05, 0) is 68.7 Å². The molecule has 2 unspecified atom stereocenters. The second kappa shape index (κ2) is 6.62. The van der Waals surface area contributed by atoms with Crippen molar-refractivity contribution in [2.75, 3.05) is 20.2 Å². The maximum Gasteiger partial charge on any atom is 0.122 e. The molecular weight excluding hydrogens is 246 g/mol. The minimum Gasteiger partial charge on any atom is -0.494 e. The lowest BCUT2D eigenvalue weighted by atomic mass is 9.65. The van der Waals surface area contributed by atoms with E-state index in [9.17, 15) is 0 Å². The molecule has 1 N–H and O–H groups in total. The highest BCUT2D eigenvalue weighted by Crippen LogP contribution is 2.48. The molecule has 1 aromatic rings. The summed E-state index contributed by atoms with van der Waals surface area (Å²) in [6.07, 6.45) is 3.88. The third kappa shape index (κ3) is 3.54. The Morgan fingerprint density at radius 3 is 2.75 bits per heavy atom. The molecule has 1 aliphatic carbocycles. The zero-order valence-corrected chi connectivity index (χ0v) is 13.4. The Labute approximate surface area is 123 Å². The van der Waals surface area contributed by atoms with Crippen molar-refractivity contribution < 1.29 is 4.74 Å². The minimum atomic E-state index is 0.439. The van der Waals surface area contributed by atoms with Crippen molar-refractivity contribution in [2.45, 2.75) is 46.0 Å². The lowest BCUT2D eigenvalue weighted by molar-refractivity contribution is 0.158. The van der Waals surface area contributed by atoms with Gasteiger partial charge in [-0.1, -0.05) is 32.0 Å². The first-order valence-electron chi connectivity index (χ1n) is 7.93. The molecule has 1 aliphatic rings. The van der Waals surface area contributed by atoms with Crippen LogP contribution in [0.1, 0.15) is 51.5 Å². The first-order valence-corrected chi connectivity index (χ1v) is 7.93. The molecule has 0 radical (unpaired) electrons. The van der Waals surface area contributed by atoms with E-state index in [0.29, 0.717) is 11.3 Å². The summed E-state index contributed by atoms with van der Waals surface area (Å²) in [7, 11) is 2.06.